The van der Waals surface area contributed by atoms with E-state index in [1.807, 2.05) is 0 Å². The molecule has 1 saturated carbocycles. The third-order valence-corrected chi connectivity index (χ3v) is 4.54. The lowest BCUT2D eigenvalue weighted by molar-refractivity contribution is -0.0626. The van der Waals surface area contributed by atoms with Gasteiger partial charge in [0.1, 0.15) is 0 Å². The highest BCUT2D eigenvalue weighted by atomic mass is 32.1. The molecule has 0 spiro atoms. The van der Waals surface area contributed by atoms with E-state index in [2.05, 4.69) is 30.7 Å². The number of nitrogens with one attached hydrogen (secondary N) is 1. The lowest BCUT2D eigenvalue weighted by Gasteiger charge is -2.36. The summed E-state index contributed by atoms with van der Waals surface area (Å²) in [4.78, 5) is 1.32. The molecule has 1 aliphatic rings. The summed E-state index contributed by atoms with van der Waals surface area (Å²) >= 11 is 1.77. The van der Waals surface area contributed by atoms with E-state index < -0.39 is 0 Å². The van der Waals surface area contributed by atoms with Gasteiger partial charge in [-0.1, -0.05) is 12.8 Å². The molecular formula is C13H22N2OS. The van der Waals surface area contributed by atoms with E-state index in [4.69, 9.17) is 10.6 Å². The Morgan fingerprint density at radius 3 is 2.71 bits per heavy atom. The van der Waals surface area contributed by atoms with Crippen molar-refractivity contribution in [3.05, 3.63) is 21.9 Å². The summed E-state index contributed by atoms with van der Waals surface area (Å²) in [5.41, 5.74) is 4.15. The number of thiophene rings is 1. The Bertz CT molecular complexity index is 358. The Hall–Kier alpha value is -0.420. The number of rotatable bonds is 5. The van der Waals surface area contributed by atoms with Crippen LogP contribution in [0, 0.1) is 6.92 Å². The number of nitrogens with two attached hydrogens (primary N) is 1. The maximum Gasteiger partial charge on any atom is 0.0889 e. The minimum absolute atomic E-state index is 0.100. The van der Waals surface area contributed by atoms with Gasteiger partial charge in [-0.15, -0.1) is 11.3 Å². The summed E-state index contributed by atoms with van der Waals surface area (Å²) in [6.45, 7) is 4.94. The quantitative estimate of drug-likeness (QED) is 0.627. The van der Waals surface area contributed by atoms with Crippen LogP contribution in [-0.4, -0.2) is 12.2 Å². The minimum atomic E-state index is -0.100. The lowest BCUT2D eigenvalue weighted by atomic mass is 9.88. The molecule has 3 N–H and O–H groups in total. The van der Waals surface area contributed by atoms with Crippen LogP contribution in [0.5, 0.6) is 0 Å². The zero-order valence-corrected chi connectivity index (χ0v) is 11.5. The summed E-state index contributed by atoms with van der Waals surface area (Å²) in [5, 5.41) is 2.19. The molecule has 1 fully saturated rings. The van der Waals surface area contributed by atoms with Gasteiger partial charge in [0.2, 0.25) is 0 Å². The monoisotopic (exact) mass is 254 g/mol. The number of ether oxygens (including phenoxy) is 1. The van der Waals surface area contributed by atoms with Crippen molar-refractivity contribution in [2.24, 2.45) is 5.84 Å². The van der Waals surface area contributed by atoms with Crippen LogP contribution in [0.1, 0.15) is 49.1 Å². The molecule has 1 aromatic heterocycles. The summed E-state index contributed by atoms with van der Waals surface area (Å²) in [6, 6.07) is 2.34. The second kappa shape index (κ2) is 5.48. The number of hydrogen-bond acceptors (Lipinski definition) is 4. The first-order chi connectivity index (χ1) is 8.22. The molecule has 0 saturated heterocycles. The van der Waals surface area contributed by atoms with Gasteiger partial charge in [0.05, 0.1) is 11.6 Å². The van der Waals surface area contributed by atoms with E-state index in [0.29, 0.717) is 0 Å². The molecule has 2 rings (SSSR count). The Labute approximate surface area is 107 Å². The molecule has 17 heavy (non-hydrogen) atoms. The lowest BCUT2D eigenvalue weighted by Crippen LogP contribution is -2.46. The molecule has 0 aliphatic heterocycles. The number of hydrazine groups is 1. The fraction of sp³-hybridized carbons (Fsp3) is 0.692. The first kappa shape index (κ1) is 13.0. The average molecular weight is 254 g/mol. The summed E-state index contributed by atoms with van der Waals surface area (Å²) in [5.74, 6) is 5.78. The predicted molar refractivity (Wildman–Crippen MR) is 71.9 cm³/mol. The maximum atomic E-state index is 6.07. The number of aryl methyl sites for hydroxylation is 1. The molecule has 0 bridgehead atoms. The predicted octanol–water partition coefficient (Wildman–Crippen LogP) is 2.91. The molecule has 1 unspecified atom stereocenters. The largest absolute Gasteiger partial charge is 0.373 e. The van der Waals surface area contributed by atoms with Crippen LogP contribution in [0.25, 0.3) is 0 Å². The molecule has 1 atom stereocenters. The van der Waals surface area contributed by atoms with Crippen molar-refractivity contribution < 1.29 is 4.74 Å². The van der Waals surface area contributed by atoms with Gasteiger partial charge in [0.25, 0.3) is 0 Å². The van der Waals surface area contributed by atoms with Crippen LogP contribution in [0.15, 0.2) is 11.4 Å². The molecular weight excluding hydrogens is 232 g/mol. The molecule has 1 aliphatic carbocycles. The number of hydrogen-bond donors (Lipinski definition) is 2. The summed E-state index contributed by atoms with van der Waals surface area (Å²) in [6.07, 6.45) is 4.68. The zero-order chi connectivity index (χ0) is 12.3. The van der Waals surface area contributed by atoms with Gasteiger partial charge in [0.15, 0.2) is 0 Å². The smallest absolute Gasteiger partial charge is 0.0889 e. The highest BCUT2D eigenvalue weighted by Gasteiger charge is 2.42. The molecule has 0 radical (unpaired) electrons. The molecule has 96 valence electrons. The van der Waals surface area contributed by atoms with Crippen molar-refractivity contribution in [2.45, 2.75) is 51.2 Å². The first-order valence-corrected chi connectivity index (χ1v) is 7.25. The third-order valence-electron chi connectivity index (χ3n) is 3.66. The van der Waals surface area contributed by atoms with Crippen molar-refractivity contribution in [3.63, 3.8) is 0 Å². The van der Waals surface area contributed by atoms with E-state index in [-0.39, 0.29) is 11.6 Å². The molecule has 0 amide bonds. The Balaban J connectivity index is 2.26. The van der Waals surface area contributed by atoms with Crippen LogP contribution < -0.4 is 11.3 Å². The third kappa shape index (κ3) is 2.55. The molecule has 1 aromatic rings. The molecule has 1 heterocycles. The van der Waals surface area contributed by atoms with Crippen molar-refractivity contribution >= 4 is 11.3 Å². The van der Waals surface area contributed by atoms with Crippen molar-refractivity contribution in [1.29, 1.82) is 0 Å². The van der Waals surface area contributed by atoms with Crippen LogP contribution in [0.3, 0.4) is 0 Å². The SMILES string of the molecule is CCOC1(C(NN)c2csc(C)c2)CCCC1. The molecule has 0 aromatic carbocycles. The molecule has 4 heteroatoms. The highest BCUT2D eigenvalue weighted by molar-refractivity contribution is 7.10. The Morgan fingerprint density at radius 1 is 1.53 bits per heavy atom. The summed E-state index contributed by atoms with van der Waals surface area (Å²) in [7, 11) is 0. The van der Waals surface area contributed by atoms with E-state index in [1.54, 1.807) is 11.3 Å². The fourth-order valence-electron chi connectivity index (χ4n) is 2.94. The summed E-state index contributed by atoms with van der Waals surface area (Å²) < 4.78 is 6.07. The maximum absolute atomic E-state index is 6.07. The Kier molecular flexibility index (Phi) is 4.20. The Morgan fingerprint density at radius 2 is 2.24 bits per heavy atom. The van der Waals surface area contributed by atoms with Crippen LogP contribution in [0.4, 0.5) is 0 Å². The van der Waals surface area contributed by atoms with E-state index in [0.717, 1.165) is 19.4 Å². The van der Waals surface area contributed by atoms with E-state index in [9.17, 15) is 0 Å². The van der Waals surface area contributed by atoms with Crippen molar-refractivity contribution in [3.8, 4) is 0 Å². The normalized spacial score (nSPS) is 20.6. The topological polar surface area (TPSA) is 47.3 Å². The standard InChI is InChI=1S/C13H22N2OS/c1-3-16-13(6-4-5-7-13)12(15-14)11-8-10(2)17-9-11/h8-9,12,15H,3-7,14H2,1-2H3. The fourth-order valence-corrected chi connectivity index (χ4v) is 3.67. The van der Waals surface area contributed by atoms with Gasteiger partial charge in [0, 0.05) is 11.5 Å². The van der Waals surface area contributed by atoms with Crippen LogP contribution in [0.2, 0.25) is 0 Å². The first-order valence-electron chi connectivity index (χ1n) is 6.37. The zero-order valence-electron chi connectivity index (χ0n) is 10.7. The second-order valence-corrected chi connectivity index (χ2v) is 5.91. The van der Waals surface area contributed by atoms with Crippen LogP contribution >= 0.6 is 11.3 Å². The minimum Gasteiger partial charge on any atom is -0.373 e. The van der Waals surface area contributed by atoms with Crippen molar-refractivity contribution in [1.82, 2.24) is 5.43 Å². The molecule has 3 nitrogen and oxygen atoms in total. The average Bonchev–Trinajstić information content (AvgIpc) is 2.91. The van der Waals surface area contributed by atoms with Gasteiger partial charge < -0.3 is 4.74 Å². The van der Waals surface area contributed by atoms with E-state index >= 15 is 0 Å². The van der Waals surface area contributed by atoms with E-state index in [1.165, 1.54) is 23.3 Å². The highest BCUT2D eigenvalue weighted by Crippen LogP contribution is 2.43. The van der Waals surface area contributed by atoms with Gasteiger partial charge in [-0.3, -0.25) is 11.3 Å². The van der Waals surface area contributed by atoms with Gasteiger partial charge in [-0.05, 0) is 43.7 Å². The van der Waals surface area contributed by atoms with Gasteiger partial charge in [-0.25, -0.2) is 0 Å². The van der Waals surface area contributed by atoms with Gasteiger partial charge >= 0.3 is 0 Å². The van der Waals surface area contributed by atoms with Crippen molar-refractivity contribution in [2.75, 3.05) is 6.61 Å². The van der Waals surface area contributed by atoms with Gasteiger partial charge in [-0.2, -0.15) is 0 Å². The second-order valence-electron chi connectivity index (χ2n) is 4.80. The van der Waals surface area contributed by atoms with Crippen LogP contribution in [-0.2, 0) is 4.74 Å².